The van der Waals surface area contributed by atoms with Crippen LogP contribution < -0.4 is 0 Å². The maximum absolute atomic E-state index is 13.4. The minimum atomic E-state index is -0.266. The van der Waals surface area contributed by atoms with Gasteiger partial charge in [0.25, 0.3) is 5.89 Å². The molecule has 0 fully saturated rings. The van der Waals surface area contributed by atoms with Crippen LogP contribution in [-0.2, 0) is 19.9 Å². The fourth-order valence-corrected chi connectivity index (χ4v) is 4.38. The summed E-state index contributed by atoms with van der Waals surface area (Å²) in [6.45, 7) is 7.70. The van der Waals surface area contributed by atoms with Crippen molar-refractivity contribution in [1.82, 2.24) is 39.7 Å². The zero-order chi connectivity index (χ0) is 24.7. The first kappa shape index (κ1) is 22.6. The van der Waals surface area contributed by atoms with Gasteiger partial charge in [0.1, 0.15) is 12.1 Å². The molecule has 178 valence electrons. The smallest absolute Gasteiger partial charge is 0.251 e. The molecule has 0 spiro atoms. The van der Waals surface area contributed by atoms with Crippen LogP contribution in [0.5, 0.6) is 0 Å². The summed E-state index contributed by atoms with van der Waals surface area (Å²) < 4.78 is 22.7. The van der Waals surface area contributed by atoms with Crippen molar-refractivity contribution in [2.24, 2.45) is 7.05 Å². The Bertz CT molecular complexity index is 1510. The van der Waals surface area contributed by atoms with E-state index in [0.29, 0.717) is 24.0 Å². The molecule has 0 atom stereocenters. The average Bonchev–Trinajstić information content (AvgIpc) is 3.49. The Morgan fingerprint density at radius 1 is 1.00 bits per heavy atom. The Morgan fingerprint density at radius 2 is 1.77 bits per heavy atom. The Kier molecular flexibility index (Phi) is 5.72. The van der Waals surface area contributed by atoms with Gasteiger partial charge in [-0.05, 0) is 44.5 Å². The molecule has 5 rings (SSSR count). The second-order valence-corrected chi connectivity index (χ2v) is 8.39. The summed E-state index contributed by atoms with van der Waals surface area (Å²) in [6, 6.07) is 8.35. The van der Waals surface area contributed by atoms with Gasteiger partial charge in [-0.1, -0.05) is 6.92 Å². The van der Waals surface area contributed by atoms with Crippen molar-refractivity contribution in [3.63, 3.8) is 0 Å². The molecule has 0 aliphatic rings. The molecule has 5 aromatic rings. The molecule has 4 aromatic heterocycles. The number of halogens is 1. The van der Waals surface area contributed by atoms with Crippen molar-refractivity contribution < 1.29 is 8.81 Å². The van der Waals surface area contributed by atoms with Gasteiger partial charge in [-0.3, -0.25) is 4.68 Å². The van der Waals surface area contributed by atoms with Crippen LogP contribution in [0.15, 0.2) is 41.1 Å². The standard InChI is InChI=1S/C25H25FN8O/c1-6-20-21(33(5)32-24(20)17-7-9-18(26)10-8-17)11-19-12-22(28-13-27-19)34-15(3)23(14(2)31-34)25-30-29-16(4)35-25/h7-10,12-13H,6,11H2,1-5H3. The molecule has 9 nitrogen and oxygen atoms in total. The monoisotopic (exact) mass is 472 g/mol. The lowest BCUT2D eigenvalue weighted by Crippen LogP contribution is -2.07. The van der Waals surface area contributed by atoms with Gasteiger partial charge >= 0.3 is 0 Å². The van der Waals surface area contributed by atoms with Gasteiger partial charge < -0.3 is 4.42 Å². The fraction of sp³-hybridized carbons (Fsp3) is 0.280. The molecule has 35 heavy (non-hydrogen) atoms. The molecule has 0 N–H and O–H groups in total. The first-order chi connectivity index (χ1) is 16.9. The van der Waals surface area contributed by atoms with Crippen molar-refractivity contribution in [2.45, 2.75) is 40.5 Å². The van der Waals surface area contributed by atoms with Crippen LogP contribution in [0.1, 0.15) is 41.2 Å². The molecule has 0 amide bonds. The lowest BCUT2D eigenvalue weighted by atomic mass is 10.0. The van der Waals surface area contributed by atoms with E-state index in [9.17, 15) is 4.39 Å². The normalized spacial score (nSPS) is 11.4. The lowest BCUT2D eigenvalue weighted by molar-refractivity contribution is 0.532. The lowest BCUT2D eigenvalue weighted by Gasteiger charge is -2.08. The molecule has 0 saturated heterocycles. The van der Waals surface area contributed by atoms with Gasteiger partial charge in [-0.15, -0.1) is 10.2 Å². The summed E-state index contributed by atoms with van der Waals surface area (Å²) in [5, 5.41) is 17.5. The second-order valence-electron chi connectivity index (χ2n) is 8.39. The van der Waals surface area contributed by atoms with Gasteiger partial charge in [0.05, 0.1) is 28.3 Å². The minimum absolute atomic E-state index is 0.266. The van der Waals surface area contributed by atoms with Crippen molar-refractivity contribution in [3.8, 4) is 28.5 Å². The molecule has 10 heteroatoms. The largest absolute Gasteiger partial charge is 0.421 e. The van der Waals surface area contributed by atoms with Crippen LogP contribution in [0.4, 0.5) is 4.39 Å². The molecule has 1 aromatic carbocycles. The van der Waals surface area contributed by atoms with Crippen LogP contribution in [-0.4, -0.2) is 39.7 Å². The highest BCUT2D eigenvalue weighted by atomic mass is 19.1. The summed E-state index contributed by atoms with van der Waals surface area (Å²) in [5.41, 5.74) is 7.17. The molecule has 0 saturated carbocycles. The van der Waals surface area contributed by atoms with E-state index in [1.165, 1.54) is 12.1 Å². The van der Waals surface area contributed by atoms with Gasteiger partial charge in [0.2, 0.25) is 5.89 Å². The minimum Gasteiger partial charge on any atom is -0.421 e. The molecule has 0 aliphatic carbocycles. The van der Waals surface area contributed by atoms with E-state index in [1.807, 2.05) is 31.6 Å². The van der Waals surface area contributed by atoms with Gasteiger partial charge in [0.15, 0.2) is 5.82 Å². The molecular weight excluding hydrogens is 447 g/mol. The molecule has 4 heterocycles. The van der Waals surface area contributed by atoms with Crippen LogP contribution in [0.2, 0.25) is 0 Å². The molecule has 0 aliphatic heterocycles. The first-order valence-corrected chi connectivity index (χ1v) is 11.3. The van der Waals surface area contributed by atoms with Gasteiger partial charge in [-0.2, -0.15) is 10.2 Å². The second kappa shape index (κ2) is 8.86. The van der Waals surface area contributed by atoms with E-state index >= 15 is 0 Å². The van der Waals surface area contributed by atoms with E-state index in [4.69, 9.17) is 9.52 Å². The maximum Gasteiger partial charge on any atom is 0.251 e. The highest BCUT2D eigenvalue weighted by molar-refractivity contribution is 5.64. The SMILES string of the molecule is CCc1c(-c2ccc(F)cc2)nn(C)c1Cc1cc(-n2nc(C)c(-c3nnc(C)o3)c2C)ncn1. The van der Waals surface area contributed by atoms with Crippen molar-refractivity contribution >= 4 is 0 Å². The summed E-state index contributed by atoms with van der Waals surface area (Å²) in [4.78, 5) is 8.96. The molecular formula is C25H25FN8O. The third kappa shape index (κ3) is 4.11. The highest BCUT2D eigenvalue weighted by Gasteiger charge is 2.21. The quantitative estimate of drug-likeness (QED) is 0.363. The Morgan fingerprint density at radius 3 is 2.46 bits per heavy atom. The number of hydrogen-bond donors (Lipinski definition) is 0. The van der Waals surface area contributed by atoms with Gasteiger partial charge in [0, 0.05) is 43.3 Å². The van der Waals surface area contributed by atoms with E-state index in [1.54, 1.807) is 30.1 Å². The third-order valence-electron chi connectivity index (χ3n) is 6.05. The van der Waals surface area contributed by atoms with Crippen molar-refractivity contribution in [1.29, 1.82) is 0 Å². The zero-order valence-corrected chi connectivity index (χ0v) is 20.2. The van der Waals surface area contributed by atoms with E-state index in [2.05, 4.69) is 32.2 Å². The topological polar surface area (TPSA) is 100 Å². The predicted molar refractivity (Wildman–Crippen MR) is 127 cm³/mol. The summed E-state index contributed by atoms with van der Waals surface area (Å²) in [7, 11) is 1.92. The Labute approximate surface area is 201 Å². The van der Waals surface area contributed by atoms with Gasteiger partial charge in [-0.25, -0.2) is 19.0 Å². The highest BCUT2D eigenvalue weighted by Crippen LogP contribution is 2.29. The van der Waals surface area contributed by atoms with Crippen molar-refractivity contribution in [2.75, 3.05) is 0 Å². The number of aryl methyl sites for hydroxylation is 3. The molecule has 0 radical (unpaired) electrons. The van der Waals surface area contributed by atoms with E-state index < -0.39 is 0 Å². The number of aromatic nitrogens is 8. The fourth-order valence-electron chi connectivity index (χ4n) is 4.38. The zero-order valence-electron chi connectivity index (χ0n) is 20.2. The van der Waals surface area contributed by atoms with Crippen LogP contribution >= 0.6 is 0 Å². The summed E-state index contributed by atoms with van der Waals surface area (Å²) in [5.74, 6) is 1.32. The number of benzene rings is 1. The number of hydrogen-bond acceptors (Lipinski definition) is 7. The van der Waals surface area contributed by atoms with E-state index in [0.717, 1.165) is 51.6 Å². The predicted octanol–water partition coefficient (Wildman–Crippen LogP) is 4.33. The average molecular weight is 473 g/mol. The molecule has 0 unspecified atom stereocenters. The van der Waals surface area contributed by atoms with Crippen molar-refractivity contribution in [3.05, 3.63) is 76.7 Å². The van der Waals surface area contributed by atoms with Crippen LogP contribution in [0.25, 0.3) is 28.5 Å². The third-order valence-corrected chi connectivity index (χ3v) is 6.05. The Hall–Kier alpha value is -4.21. The Balaban J connectivity index is 1.50. The van der Waals surface area contributed by atoms with Crippen LogP contribution in [0.3, 0.4) is 0 Å². The number of rotatable bonds is 6. The molecule has 0 bridgehead atoms. The van der Waals surface area contributed by atoms with E-state index in [-0.39, 0.29) is 5.82 Å². The summed E-state index contributed by atoms with van der Waals surface area (Å²) in [6.07, 6.45) is 2.90. The maximum atomic E-state index is 13.4. The number of nitrogens with zero attached hydrogens (tertiary/aromatic N) is 8. The first-order valence-electron chi connectivity index (χ1n) is 11.3. The van der Waals surface area contributed by atoms with Crippen LogP contribution in [0, 0.1) is 26.6 Å². The summed E-state index contributed by atoms with van der Waals surface area (Å²) >= 11 is 0.